The molecule has 1 atom stereocenters. The molecule has 1 aliphatic rings. The van der Waals surface area contributed by atoms with Gasteiger partial charge in [-0.2, -0.15) is 0 Å². The van der Waals surface area contributed by atoms with E-state index in [0.29, 0.717) is 12.5 Å². The molecular weight excluding hydrogens is 202 g/mol. The fourth-order valence-electron chi connectivity index (χ4n) is 2.04. The minimum absolute atomic E-state index is 0.196. The number of rotatable bonds is 6. The summed E-state index contributed by atoms with van der Waals surface area (Å²) in [6.45, 7) is 6.50. The average Bonchev–Trinajstić information content (AvgIpc) is 2.76. The van der Waals surface area contributed by atoms with Crippen molar-refractivity contribution in [1.29, 1.82) is 0 Å². The Kier molecular flexibility index (Phi) is 5.77. The fourth-order valence-corrected chi connectivity index (χ4v) is 2.04. The number of hydrogen-bond acceptors (Lipinski definition) is 3. The van der Waals surface area contributed by atoms with Crippen LogP contribution in [0.25, 0.3) is 0 Å². The number of carbonyl (C=O) groups excluding carboxylic acids is 1. The average molecular weight is 227 g/mol. The first-order chi connectivity index (χ1) is 7.61. The van der Waals surface area contributed by atoms with Crippen molar-refractivity contribution in [3.8, 4) is 0 Å². The topological polar surface area (TPSA) is 35.6 Å². The largest absolute Gasteiger partial charge is 0.349 e. The number of carbonyl (C=O) groups is 1. The molecule has 0 spiro atoms. The number of amides is 1. The summed E-state index contributed by atoms with van der Waals surface area (Å²) >= 11 is 0. The van der Waals surface area contributed by atoms with E-state index in [0.717, 1.165) is 13.1 Å². The summed E-state index contributed by atoms with van der Waals surface area (Å²) in [5.41, 5.74) is 0. The highest BCUT2D eigenvalue weighted by atomic mass is 16.2. The SMILES string of the molecule is CC(CNCCC(=O)N(C)C)N1CCCC1. The molecule has 4 nitrogen and oxygen atoms in total. The minimum Gasteiger partial charge on any atom is -0.349 e. The number of nitrogens with one attached hydrogen (secondary N) is 1. The van der Waals surface area contributed by atoms with E-state index >= 15 is 0 Å². The summed E-state index contributed by atoms with van der Waals surface area (Å²) in [5, 5.41) is 3.36. The molecule has 1 amide bonds. The lowest BCUT2D eigenvalue weighted by Crippen LogP contribution is -2.39. The fraction of sp³-hybridized carbons (Fsp3) is 0.917. The smallest absolute Gasteiger partial charge is 0.223 e. The van der Waals surface area contributed by atoms with Crippen LogP contribution in [0, 0.1) is 0 Å². The zero-order chi connectivity index (χ0) is 12.0. The van der Waals surface area contributed by atoms with Gasteiger partial charge in [-0.25, -0.2) is 0 Å². The predicted octanol–water partition coefficient (Wildman–Crippen LogP) is 0.539. The van der Waals surface area contributed by atoms with Crippen LogP contribution in [-0.2, 0) is 4.79 Å². The molecule has 0 radical (unpaired) electrons. The molecule has 1 saturated heterocycles. The van der Waals surface area contributed by atoms with Crippen molar-refractivity contribution in [2.24, 2.45) is 0 Å². The molecule has 1 fully saturated rings. The highest BCUT2D eigenvalue weighted by Crippen LogP contribution is 2.10. The third-order valence-electron chi connectivity index (χ3n) is 3.22. The Hall–Kier alpha value is -0.610. The van der Waals surface area contributed by atoms with Gasteiger partial charge in [-0.1, -0.05) is 0 Å². The van der Waals surface area contributed by atoms with E-state index in [1.54, 1.807) is 19.0 Å². The zero-order valence-corrected chi connectivity index (χ0v) is 10.8. The molecule has 0 aromatic rings. The van der Waals surface area contributed by atoms with Gasteiger partial charge in [0.2, 0.25) is 5.91 Å². The van der Waals surface area contributed by atoms with Crippen LogP contribution in [0.2, 0.25) is 0 Å². The highest BCUT2D eigenvalue weighted by molar-refractivity contribution is 5.75. The Labute approximate surface area is 99.0 Å². The Balaban J connectivity index is 2.04. The quantitative estimate of drug-likeness (QED) is 0.673. The summed E-state index contributed by atoms with van der Waals surface area (Å²) in [6, 6.07) is 0.594. The van der Waals surface area contributed by atoms with Crippen molar-refractivity contribution in [2.45, 2.75) is 32.2 Å². The van der Waals surface area contributed by atoms with Gasteiger partial charge in [-0.15, -0.1) is 0 Å². The lowest BCUT2D eigenvalue weighted by atomic mass is 10.3. The van der Waals surface area contributed by atoms with Crippen LogP contribution in [0.3, 0.4) is 0 Å². The Bertz CT molecular complexity index is 212. The maximum absolute atomic E-state index is 11.3. The van der Waals surface area contributed by atoms with Crippen LogP contribution in [0.5, 0.6) is 0 Å². The molecule has 0 bridgehead atoms. The van der Waals surface area contributed by atoms with Crippen LogP contribution in [0.1, 0.15) is 26.2 Å². The Morgan fingerprint density at radius 1 is 1.38 bits per heavy atom. The zero-order valence-electron chi connectivity index (χ0n) is 10.8. The number of likely N-dealkylation sites (tertiary alicyclic amines) is 1. The molecule has 1 heterocycles. The maximum atomic E-state index is 11.3. The molecule has 1 aliphatic heterocycles. The molecule has 4 heteroatoms. The number of nitrogens with zero attached hydrogens (tertiary/aromatic N) is 2. The molecule has 94 valence electrons. The molecule has 0 aromatic heterocycles. The molecule has 0 aromatic carbocycles. The minimum atomic E-state index is 0.196. The highest BCUT2D eigenvalue weighted by Gasteiger charge is 2.17. The van der Waals surface area contributed by atoms with E-state index in [1.807, 2.05) is 0 Å². The van der Waals surface area contributed by atoms with Crippen molar-refractivity contribution >= 4 is 5.91 Å². The van der Waals surface area contributed by atoms with Gasteiger partial charge in [-0.3, -0.25) is 9.69 Å². The molecular formula is C12H25N3O. The van der Waals surface area contributed by atoms with E-state index in [9.17, 15) is 4.79 Å². The summed E-state index contributed by atoms with van der Waals surface area (Å²) in [4.78, 5) is 15.5. The Morgan fingerprint density at radius 2 is 2.00 bits per heavy atom. The van der Waals surface area contributed by atoms with E-state index in [1.165, 1.54) is 25.9 Å². The van der Waals surface area contributed by atoms with Crippen LogP contribution in [0.15, 0.2) is 0 Å². The second-order valence-electron chi connectivity index (χ2n) is 4.83. The van der Waals surface area contributed by atoms with E-state index in [-0.39, 0.29) is 5.91 Å². The van der Waals surface area contributed by atoms with Gasteiger partial charge in [0.05, 0.1) is 0 Å². The maximum Gasteiger partial charge on any atom is 0.223 e. The summed E-state index contributed by atoms with van der Waals surface area (Å²) in [6.07, 6.45) is 3.27. The first kappa shape index (κ1) is 13.5. The van der Waals surface area contributed by atoms with Crippen molar-refractivity contribution < 1.29 is 4.79 Å². The third-order valence-corrected chi connectivity index (χ3v) is 3.22. The van der Waals surface area contributed by atoms with Gasteiger partial charge in [0.15, 0.2) is 0 Å². The van der Waals surface area contributed by atoms with Crippen molar-refractivity contribution in [2.75, 3.05) is 40.3 Å². The van der Waals surface area contributed by atoms with Gasteiger partial charge >= 0.3 is 0 Å². The molecule has 0 aliphatic carbocycles. The van der Waals surface area contributed by atoms with Gasteiger partial charge in [0.25, 0.3) is 0 Å². The standard InChI is InChI=1S/C12H25N3O/c1-11(15-8-4-5-9-15)10-13-7-6-12(16)14(2)3/h11,13H,4-10H2,1-3H3. The van der Waals surface area contributed by atoms with E-state index < -0.39 is 0 Å². The van der Waals surface area contributed by atoms with Crippen LogP contribution < -0.4 is 5.32 Å². The molecule has 16 heavy (non-hydrogen) atoms. The molecule has 1 unspecified atom stereocenters. The molecule has 0 saturated carbocycles. The Morgan fingerprint density at radius 3 is 2.56 bits per heavy atom. The van der Waals surface area contributed by atoms with Crippen LogP contribution in [0.4, 0.5) is 0 Å². The van der Waals surface area contributed by atoms with Crippen LogP contribution in [-0.4, -0.2) is 62.0 Å². The van der Waals surface area contributed by atoms with Crippen LogP contribution >= 0.6 is 0 Å². The molecule has 1 N–H and O–H groups in total. The normalized spacial score (nSPS) is 18.7. The summed E-state index contributed by atoms with van der Waals surface area (Å²) in [5.74, 6) is 0.196. The van der Waals surface area contributed by atoms with Crippen molar-refractivity contribution in [3.05, 3.63) is 0 Å². The lowest BCUT2D eigenvalue weighted by Gasteiger charge is -2.24. The lowest BCUT2D eigenvalue weighted by molar-refractivity contribution is -0.128. The van der Waals surface area contributed by atoms with Gasteiger partial charge in [-0.05, 0) is 32.9 Å². The van der Waals surface area contributed by atoms with E-state index in [2.05, 4.69) is 17.1 Å². The summed E-state index contributed by atoms with van der Waals surface area (Å²) in [7, 11) is 3.60. The van der Waals surface area contributed by atoms with Crippen molar-refractivity contribution in [1.82, 2.24) is 15.1 Å². The second kappa shape index (κ2) is 6.86. The van der Waals surface area contributed by atoms with Gasteiger partial charge in [0, 0.05) is 39.6 Å². The monoisotopic (exact) mass is 227 g/mol. The number of hydrogen-bond donors (Lipinski definition) is 1. The van der Waals surface area contributed by atoms with E-state index in [4.69, 9.17) is 0 Å². The van der Waals surface area contributed by atoms with Gasteiger partial charge in [0.1, 0.15) is 0 Å². The predicted molar refractivity (Wildman–Crippen MR) is 66.4 cm³/mol. The first-order valence-corrected chi connectivity index (χ1v) is 6.26. The van der Waals surface area contributed by atoms with Crippen molar-refractivity contribution in [3.63, 3.8) is 0 Å². The van der Waals surface area contributed by atoms with Gasteiger partial charge < -0.3 is 10.2 Å². The molecule has 1 rings (SSSR count). The summed E-state index contributed by atoms with van der Waals surface area (Å²) < 4.78 is 0. The second-order valence-corrected chi connectivity index (χ2v) is 4.83. The third kappa shape index (κ3) is 4.49. The first-order valence-electron chi connectivity index (χ1n) is 6.26.